The van der Waals surface area contributed by atoms with E-state index < -0.39 is 23.8 Å². The van der Waals surface area contributed by atoms with Crippen molar-refractivity contribution < 1.29 is 29.3 Å². The molecule has 26 heavy (non-hydrogen) atoms. The van der Waals surface area contributed by atoms with Crippen molar-refractivity contribution in [2.75, 3.05) is 0 Å². The van der Waals surface area contributed by atoms with Gasteiger partial charge in [0.05, 0.1) is 0 Å². The van der Waals surface area contributed by atoms with Gasteiger partial charge in [-0.3, -0.25) is 4.79 Å². The lowest BCUT2D eigenvalue weighted by Crippen LogP contribution is -2.13. The highest BCUT2D eigenvalue weighted by Crippen LogP contribution is 2.33. The van der Waals surface area contributed by atoms with Crippen molar-refractivity contribution in [3.63, 3.8) is 0 Å². The third-order valence-corrected chi connectivity index (χ3v) is 4.05. The number of esters is 1. The molecule has 0 amide bonds. The van der Waals surface area contributed by atoms with Gasteiger partial charge < -0.3 is 19.7 Å². The third kappa shape index (κ3) is 4.03. The molecule has 6 heteroatoms. The Balaban J connectivity index is 1.71. The zero-order valence-corrected chi connectivity index (χ0v) is 13.9. The molecule has 0 radical (unpaired) electrons. The van der Waals surface area contributed by atoms with Gasteiger partial charge in [0.2, 0.25) is 5.76 Å². The van der Waals surface area contributed by atoms with E-state index in [1.54, 1.807) is 24.3 Å². The minimum absolute atomic E-state index is 0.104. The van der Waals surface area contributed by atoms with Gasteiger partial charge in [-0.15, -0.1) is 0 Å². The number of cyclic esters (lactones) is 1. The predicted octanol–water partition coefficient (Wildman–Crippen LogP) is 3.32. The molecule has 1 unspecified atom stereocenters. The Kier molecular flexibility index (Phi) is 5.22. The number of hydrogen-bond donors (Lipinski definition) is 2. The van der Waals surface area contributed by atoms with Gasteiger partial charge >= 0.3 is 11.9 Å². The number of benzene rings is 2. The van der Waals surface area contributed by atoms with Gasteiger partial charge in [0.25, 0.3) is 0 Å². The Labute approximate surface area is 150 Å². The maximum atomic E-state index is 11.6. The lowest BCUT2D eigenvalue weighted by molar-refractivity contribution is -0.144. The molecule has 0 bridgehead atoms. The fourth-order valence-corrected chi connectivity index (χ4v) is 2.76. The minimum atomic E-state index is -0.989. The van der Waals surface area contributed by atoms with Gasteiger partial charge in [0, 0.05) is 12.0 Å². The molecule has 1 atom stereocenters. The van der Waals surface area contributed by atoms with Gasteiger partial charge in [-0.1, -0.05) is 42.5 Å². The van der Waals surface area contributed by atoms with E-state index in [0.29, 0.717) is 23.5 Å². The number of carbonyl (C=O) groups is 2. The molecule has 0 fully saturated rings. The molecule has 2 N–H and O–H groups in total. The van der Waals surface area contributed by atoms with E-state index in [4.69, 9.17) is 14.6 Å². The molecule has 0 aromatic heterocycles. The average molecular weight is 354 g/mol. The van der Waals surface area contributed by atoms with E-state index >= 15 is 0 Å². The summed E-state index contributed by atoms with van der Waals surface area (Å²) in [4.78, 5) is 22.4. The number of aliphatic carboxylic acids is 1. The summed E-state index contributed by atoms with van der Waals surface area (Å²) < 4.78 is 10.8. The number of ether oxygens (including phenoxy) is 2. The summed E-state index contributed by atoms with van der Waals surface area (Å²) in [5.74, 6) is -1.65. The fourth-order valence-electron chi connectivity index (χ4n) is 2.76. The lowest BCUT2D eigenvalue weighted by Gasteiger charge is -2.13. The number of aliphatic hydroxyl groups is 1. The van der Waals surface area contributed by atoms with Crippen molar-refractivity contribution in [1.29, 1.82) is 0 Å². The summed E-state index contributed by atoms with van der Waals surface area (Å²) >= 11 is 0. The van der Waals surface area contributed by atoms with E-state index in [2.05, 4.69) is 0 Å². The van der Waals surface area contributed by atoms with Crippen molar-refractivity contribution in [2.45, 2.75) is 25.6 Å². The van der Waals surface area contributed by atoms with E-state index in [1.165, 1.54) is 0 Å². The van der Waals surface area contributed by atoms with Gasteiger partial charge in [-0.2, -0.15) is 0 Å². The quantitative estimate of drug-likeness (QED) is 0.741. The molecule has 1 heterocycles. The second-order valence-corrected chi connectivity index (χ2v) is 5.89. The molecule has 0 spiro atoms. The highest BCUT2D eigenvalue weighted by molar-refractivity contribution is 6.00. The number of carboxylic acids is 1. The monoisotopic (exact) mass is 354 g/mol. The van der Waals surface area contributed by atoms with Crippen LogP contribution in [0.25, 0.3) is 5.57 Å². The molecular weight excluding hydrogens is 336 g/mol. The molecule has 1 aliphatic heterocycles. The third-order valence-electron chi connectivity index (χ3n) is 4.05. The zero-order chi connectivity index (χ0) is 18.5. The van der Waals surface area contributed by atoms with Crippen LogP contribution >= 0.6 is 0 Å². The summed E-state index contributed by atoms with van der Waals surface area (Å²) in [5, 5.41) is 18.8. The van der Waals surface area contributed by atoms with Crippen LogP contribution in [0.1, 0.15) is 24.0 Å². The zero-order valence-electron chi connectivity index (χ0n) is 13.9. The predicted molar refractivity (Wildman–Crippen MR) is 93.5 cm³/mol. The summed E-state index contributed by atoms with van der Waals surface area (Å²) in [6, 6.07) is 16.6. The minimum Gasteiger partial charge on any atom is -0.502 e. The van der Waals surface area contributed by atoms with Crippen molar-refractivity contribution in [3.05, 3.63) is 71.5 Å². The first kappa shape index (κ1) is 17.5. The summed E-state index contributed by atoms with van der Waals surface area (Å²) in [7, 11) is 0. The number of rotatable bonds is 7. The highest BCUT2D eigenvalue weighted by atomic mass is 16.6. The largest absolute Gasteiger partial charge is 0.502 e. The highest BCUT2D eigenvalue weighted by Gasteiger charge is 2.35. The van der Waals surface area contributed by atoms with E-state index in [0.717, 1.165) is 5.56 Å². The SMILES string of the molecule is O=C(O)CCC1OC(=O)C(O)=C1c1ccc(OCc2ccccc2)cc1. The Morgan fingerprint density at radius 1 is 1.08 bits per heavy atom. The second-order valence-electron chi connectivity index (χ2n) is 5.89. The van der Waals surface area contributed by atoms with Crippen LogP contribution in [-0.4, -0.2) is 28.3 Å². The van der Waals surface area contributed by atoms with Crippen LogP contribution in [-0.2, 0) is 20.9 Å². The lowest BCUT2D eigenvalue weighted by atomic mass is 9.97. The number of hydrogen-bond acceptors (Lipinski definition) is 5. The molecular formula is C20H18O6. The Hall–Kier alpha value is -3.28. The Morgan fingerprint density at radius 3 is 2.42 bits per heavy atom. The fraction of sp³-hybridized carbons (Fsp3) is 0.200. The van der Waals surface area contributed by atoms with Crippen LogP contribution in [0.4, 0.5) is 0 Å². The van der Waals surface area contributed by atoms with Crippen molar-refractivity contribution >= 4 is 17.5 Å². The molecule has 1 aliphatic rings. The van der Waals surface area contributed by atoms with Crippen LogP contribution in [0.3, 0.4) is 0 Å². The standard InChI is InChI=1S/C20H18O6/c21-17(22)11-10-16-18(19(23)20(24)26-16)14-6-8-15(9-7-14)25-12-13-4-2-1-3-5-13/h1-9,16,23H,10-12H2,(H,21,22). The normalized spacial score (nSPS) is 16.5. The van der Waals surface area contributed by atoms with E-state index in [-0.39, 0.29) is 12.8 Å². The van der Waals surface area contributed by atoms with Crippen LogP contribution < -0.4 is 4.74 Å². The molecule has 3 rings (SSSR count). The van der Waals surface area contributed by atoms with Crippen LogP contribution in [0.2, 0.25) is 0 Å². The molecule has 2 aromatic carbocycles. The summed E-state index contributed by atoms with van der Waals surface area (Å²) in [6.07, 6.45) is -0.825. The number of carboxylic acid groups (broad SMARTS) is 1. The first-order valence-corrected chi connectivity index (χ1v) is 8.17. The average Bonchev–Trinajstić information content (AvgIpc) is 2.94. The van der Waals surface area contributed by atoms with Gasteiger partial charge in [-0.05, 0) is 29.7 Å². The molecule has 134 valence electrons. The maximum Gasteiger partial charge on any atom is 0.374 e. The first-order chi connectivity index (χ1) is 12.5. The maximum absolute atomic E-state index is 11.6. The summed E-state index contributed by atoms with van der Waals surface area (Å²) in [6.45, 7) is 0.428. The summed E-state index contributed by atoms with van der Waals surface area (Å²) in [5.41, 5.74) is 1.95. The first-order valence-electron chi connectivity index (χ1n) is 8.17. The smallest absolute Gasteiger partial charge is 0.374 e. The Morgan fingerprint density at radius 2 is 1.77 bits per heavy atom. The molecule has 0 saturated heterocycles. The topological polar surface area (TPSA) is 93.1 Å². The molecule has 0 saturated carbocycles. The van der Waals surface area contributed by atoms with Crippen molar-refractivity contribution in [2.24, 2.45) is 0 Å². The van der Waals surface area contributed by atoms with Crippen molar-refractivity contribution in [1.82, 2.24) is 0 Å². The Bertz CT molecular complexity index is 823. The number of aliphatic hydroxyl groups excluding tert-OH is 1. The van der Waals surface area contributed by atoms with E-state index in [1.807, 2.05) is 30.3 Å². The molecule has 0 aliphatic carbocycles. The van der Waals surface area contributed by atoms with Crippen LogP contribution in [0.5, 0.6) is 5.75 Å². The van der Waals surface area contributed by atoms with Gasteiger partial charge in [-0.25, -0.2) is 4.79 Å². The second kappa shape index (κ2) is 7.74. The molecule has 2 aromatic rings. The van der Waals surface area contributed by atoms with Crippen LogP contribution in [0.15, 0.2) is 60.4 Å². The van der Waals surface area contributed by atoms with Crippen LogP contribution in [0, 0.1) is 0 Å². The van der Waals surface area contributed by atoms with Crippen molar-refractivity contribution in [3.8, 4) is 5.75 Å². The van der Waals surface area contributed by atoms with Gasteiger partial charge in [0.15, 0.2) is 0 Å². The van der Waals surface area contributed by atoms with E-state index in [9.17, 15) is 14.7 Å². The molecule has 6 nitrogen and oxygen atoms in total. The number of carbonyl (C=O) groups excluding carboxylic acids is 1. The van der Waals surface area contributed by atoms with Gasteiger partial charge in [0.1, 0.15) is 18.5 Å².